The van der Waals surface area contributed by atoms with Crippen LogP contribution in [0.3, 0.4) is 0 Å². The number of rotatable bonds is 6. The van der Waals surface area contributed by atoms with E-state index in [4.69, 9.17) is 9.15 Å². The lowest BCUT2D eigenvalue weighted by atomic mass is 10.0. The molecule has 1 unspecified atom stereocenters. The van der Waals surface area contributed by atoms with Gasteiger partial charge in [0.2, 0.25) is 0 Å². The molecule has 8 heteroatoms. The molecule has 1 heterocycles. The number of aryl methyl sites for hydroxylation is 1. The molecule has 1 rings (SSSR count). The number of nitrogens with one attached hydrogen (secondary N) is 2. The summed E-state index contributed by atoms with van der Waals surface area (Å²) in [6.45, 7) is 11.5. The molecule has 0 bridgehead atoms. The van der Waals surface area contributed by atoms with Crippen molar-refractivity contribution in [1.29, 1.82) is 0 Å². The van der Waals surface area contributed by atoms with Crippen LogP contribution in [-0.4, -0.2) is 42.3 Å². The molecular weight excluding hydrogens is 437 g/mol. The maximum atomic E-state index is 11.7. The first-order valence-corrected chi connectivity index (χ1v) is 8.07. The minimum absolute atomic E-state index is 0. The van der Waals surface area contributed by atoms with Crippen LogP contribution in [0.15, 0.2) is 21.5 Å². The van der Waals surface area contributed by atoms with E-state index in [1.54, 1.807) is 39.8 Å². The number of furan rings is 1. The number of aliphatic imine (C=N–C) groups is 1. The number of guanidine groups is 1. The molecule has 0 aliphatic rings. The SMILES string of the molecule is CCNC(=NCC(=O)OC(C)(C)C)NCC(C)(O)c1ccc(C)o1.I. The summed E-state index contributed by atoms with van der Waals surface area (Å²) in [7, 11) is 0. The van der Waals surface area contributed by atoms with Crippen LogP contribution in [-0.2, 0) is 15.1 Å². The molecule has 1 aromatic heterocycles. The summed E-state index contributed by atoms with van der Waals surface area (Å²) < 4.78 is 10.7. The summed E-state index contributed by atoms with van der Waals surface area (Å²) in [6.07, 6.45) is 0. The molecule has 0 saturated heterocycles. The van der Waals surface area contributed by atoms with Crippen LogP contribution in [0.5, 0.6) is 0 Å². The molecule has 3 N–H and O–H groups in total. The maximum absolute atomic E-state index is 11.7. The van der Waals surface area contributed by atoms with E-state index in [1.165, 1.54) is 0 Å². The molecule has 0 amide bonds. The van der Waals surface area contributed by atoms with Crippen LogP contribution in [0.1, 0.15) is 46.1 Å². The lowest BCUT2D eigenvalue weighted by Crippen LogP contribution is -2.44. The Morgan fingerprint density at radius 3 is 2.40 bits per heavy atom. The molecular formula is C17H30IN3O4. The fourth-order valence-corrected chi connectivity index (χ4v) is 1.93. The highest BCUT2D eigenvalue weighted by Gasteiger charge is 2.27. The zero-order valence-corrected chi connectivity index (χ0v) is 18.1. The molecule has 0 radical (unpaired) electrons. The number of halogens is 1. The van der Waals surface area contributed by atoms with E-state index in [0.717, 1.165) is 5.76 Å². The Morgan fingerprint density at radius 2 is 1.92 bits per heavy atom. The Bertz CT molecular complexity index is 577. The van der Waals surface area contributed by atoms with Gasteiger partial charge in [-0.25, -0.2) is 4.99 Å². The van der Waals surface area contributed by atoms with Crippen molar-refractivity contribution in [1.82, 2.24) is 10.6 Å². The van der Waals surface area contributed by atoms with Gasteiger partial charge in [0, 0.05) is 6.54 Å². The first-order valence-electron chi connectivity index (χ1n) is 8.07. The van der Waals surface area contributed by atoms with E-state index in [2.05, 4.69) is 15.6 Å². The van der Waals surface area contributed by atoms with Crippen molar-refractivity contribution in [3.05, 3.63) is 23.7 Å². The minimum Gasteiger partial charge on any atom is -0.463 e. The summed E-state index contributed by atoms with van der Waals surface area (Å²) in [5, 5.41) is 16.5. The summed E-state index contributed by atoms with van der Waals surface area (Å²) in [5.41, 5.74) is -1.74. The molecule has 0 fully saturated rings. The third kappa shape index (κ3) is 9.10. The zero-order chi connectivity index (χ0) is 18.4. The highest BCUT2D eigenvalue weighted by molar-refractivity contribution is 14.0. The van der Waals surface area contributed by atoms with Gasteiger partial charge >= 0.3 is 5.97 Å². The van der Waals surface area contributed by atoms with Gasteiger partial charge in [0.05, 0.1) is 6.54 Å². The lowest BCUT2D eigenvalue weighted by Gasteiger charge is -2.23. The van der Waals surface area contributed by atoms with Crippen LogP contribution in [0.25, 0.3) is 0 Å². The van der Waals surface area contributed by atoms with Gasteiger partial charge in [-0.05, 0) is 53.7 Å². The average Bonchev–Trinajstić information content (AvgIpc) is 2.87. The van der Waals surface area contributed by atoms with Gasteiger partial charge in [-0.3, -0.25) is 4.79 Å². The number of hydrogen-bond donors (Lipinski definition) is 3. The largest absolute Gasteiger partial charge is 0.463 e. The highest BCUT2D eigenvalue weighted by atomic mass is 127. The second-order valence-electron chi connectivity index (χ2n) is 6.82. The molecule has 0 aliphatic carbocycles. The second-order valence-corrected chi connectivity index (χ2v) is 6.82. The lowest BCUT2D eigenvalue weighted by molar-refractivity contribution is -0.152. The number of carbonyl (C=O) groups excluding carboxylic acids is 1. The number of hydrogen-bond acceptors (Lipinski definition) is 5. The predicted molar refractivity (Wildman–Crippen MR) is 108 cm³/mol. The van der Waals surface area contributed by atoms with Crippen LogP contribution >= 0.6 is 24.0 Å². The number of carbonyl (C=O) groups is 1. The average molecular weight is 467 g/mol. The molecule has 1 atom stereocenters. The van der Waals surface area contributed by atoms with Crippen LogP contribution in [0, 0.1) is 6.92 Å². The third-order valence-corrected chi connectivity index (χ3v) is 3.00. The molecule has 0 spiro atoms. The van der Waals surface area contributed by atoms with Crippen LogP contribution in [0.2, 0.25) is 0 Å². The smallest absolute Gasteiger partial charge is 0.328 e. The van der Waals surface area contributed by atoms with Crippen LogP contribution < -0.4 is 10.6 Å². The van der Waals surface area contributed by atoms with Crippen molar-refractivity contribution < 1.29 is 19.1 Å². The molecule has 0 saturated carbocycles. The quantitative estimate of drug-likeness (QED) is 0.257. The number of aliphatic hydroxyl groups is 1. The van der Waals surface area contributed by atoms with E-state index in [9.17, 15) is 9.90 Å². The fraction of sp³-hybridized carbons (Fsp3) is 0.647. The fourth-order valence-electron chi connectivity index (χ4n) is 1.93. The van der Waals surface area contributed by atoms with Crippen molar-refractivity contribution in [2.75, 3.05) is 19.6 Å². The number of esters is 1. The topological polar surface area (TPSA) is 96.1 Å². The first kappa shape index (κ1) is 23.7. The van der Waals surface area contributed by atoms with Crippen molar-refractivity contribution in [2.24, 2.45) is 4.99 Å². The standard InChI is InChI=1S/C17H29N3O4.HI/c1-7-18-15(19-10-14(21)24-16(3,4)5)20-11-17(6,22)13-9-8-12(2)23-13;/h8-9,22H,7,10-11H2,1-6H3,(H2,18,19,20);1H. The van der Waals surface area contributed by atoms with Gasteiger partial charge in [-0.1, -0.05) is 0 Å². The summed E-state index contributed by atoms with van der Waals surface area (Å²) in [6, 6.07) is 3.54. The van der Waals surface area contributed by atoms with Crippen molar-refractivity contribution in [3.63, 3.8) is 0 Å². The van der Waals surface area contributed by atoms with Crippen molar-refractivity contribution in [2.45, 2.75) is 52.7 Å². The molecule has 144 valence electrons. The summed E-state index contributed by atoms with van der Waals surface area (Å²) >= 11 is 0. The van der Waals surface area contributed by atoms with Gasteiger partial charge < -0.3 is 24.9 Å². The summed E-state index contributed by atoms with van der Waals surface area (Å²) in [4.78, 5) is 15.9. The van der Waals surface area contributed by atoms with E-state index in [1.807, 2.05) is 13.8 Å². The van der Waals surface area contributed by atoms with Gasteiger partial charge in [0.25, 0.3) is 0 Å². The monoisotopic (exact) mass is 467 g/mol. The van der Waals surface area contributed by atoms with Gasteiger partial charge in [0.1, 0.15) is 29.3 Å². The Balaban J connectivity index is 0.00000576. The molecule has 7 nitrogen and oxygen atoms in total. The van der Waals surface area contributed by atoms with Crippen molar-refractivity contribution >= 4 is 35.9 Å². The van der Waals surface area contributed by atoms with E-state index in [-0.39, 0.29) is 37.1 Å². The van der Waals surface area contributed by atoms with E-state index in [0.29, 0.717) is 18.3 Å². The third-order valence-electron chi connectivity index (χ3n) is 3.00. The van der Waals surface area contributed by atoms with Gasteiger partial charge in [-0.15, -0.1) is 24.0 Å². The Hall–Kier alpha value is -1.29. The normalized spacial score (nSPS) is 14.3. The maximum Gasteiger partial charge on any atom is 0.328 e. The first-order chi connectivity index (χ1) is 11.0. The number of nitrogens with zero attached hydrogens (tertiary/aromatic N) is 1. The molecule has 25 heavy (non-hydrogen) atoms. The van der Waals surface area contributed by atoms with E-state index < -0.39 is 17.2 Å². The van der Waals surface area contributed by atoms with Crippen molar-refractivity contribution in [3.8, 4) is 0 Å². The molecule has 1 aromatic rings. The predicted octanol–water partition coefficient (Wildman–Crippen LogP) is 2.31. The Labute approximate surface area is 166 Å². The minimum atomic E-state index is -1.20. The second kappa shape index (κ2) is 10.0. The number of ether oxygens (including phenoxy) is 1. The Kier molecular flexibility index (Phi) is 9.49. The Morgan fingerprint density at radius 1 is 1.28 bits per heavy atom. The highest BCUT2D eigenvalue weighted by Crippen LogP contribution is 2.21. The zero-order valence-electron chi connectivity index (χ0n) is 15.8. The molecule has 0 aliphatic heterocycles. The van der Waals surface area contributed by atoms with Crippen LogP contribution in [0.4, 0.5) is 0 Å². The summed E-state index contributed by atoms with van der Waals surface area (Å²) in [5.74, 6) is 1.21. The molecule has 0 aromatic carbocycles. The van der Waals surface area contributed by atoms with E-state index >= 15 is 0 Å². The van der Waals surface area contributed by atoms with Gasteiger partial charge in [-0.2, -0.15) is 0 Å². The van der Waals surface area contributed by atoms with Gasteiger partial charge in [0.15, 0.2) is 5.96 Å².